The fourth-order valence-electron chi connectivity index (χ4n) is 3.07. The van der Waals surface area contributed by atoms with Gasteiger partial charge in [-0.2, -0.15) is 0 Å². The molecule has 0 bridgehead atoms. The van der Waals surface area contributed by atoms with E-state index < -0.39 is 0 Å². The van der Waals surface area contributed by atoms with Crippen molar-refractivity contribution in [2.24, 2.45) is 0 Å². The van der Waals surface area contributed by atoms with Crippen LogP contribution < -0.4 is 10.6 Å². The van der Waals surface area contributed by atoms with Crippen LogP contribution in [0.3, 0.4) is 0 Å². The van der Waals surface area contributed by atoms with Crippen LogP contribution in [0.1, 0.15) is 17.0 Å². The Labute approximate surface area is 168 Å². The highest BCUT2D eigenvalue weighted by Gasteiger charge is 2.12. The summed E-state index contributed by atoms with van der Waals surface area (Å²) < 4.78 is 7.34. The van der Waals surface area contributed by atoms with E-state index in [0.29, 0.717) is 18.2 Å². The van der Waals surface area contributed by atoms with E-state index in [1.54, 1.807) is 16.4 Å². The van der Waals surface area contributed by atoms with E-state index in [-0.39, 0.29) is 0 Å². The first-order valence-electron chi connectivity index (χ1n) is 9.19. The summed E-state index contributed by atoms with van der Waals surface area (Å²) in [6, 6.07) is 22.7. The number of ether oxygens (including phenoxy) is 1. The average molecular weight is 391 g/mol. The van der Waals surface area contributed by atoms with Crippen LogP contribution in [0, 0.1) is 6.92 Å². The van der Waals surface area contributed by atoms with E-state index in [2.05, 4.69) is 47.5 Å². The molecule has 0 saturated heterocycles. The monoisotopic (exact) mass is 390 g/mol. The lowest BCUT2D eigenvalue weighted by Gasteiger charge is -2.08. The Balaban J connectivity index is 1.38. The molecule has 28 heavy (non-hydrogen) atoms. The van der Waals surface area contributed by atoms with Crippen molar-refractivity contribution >= 4 is 22.5 Å². The summed E-state index contributed by atoms with van der Waals surface area (Å²) in [6.45, 7) is 2.64. The van der Waals surface area contributed by atoms with Gasteiger partial charge in [-0.05, 0) is 35.4 Å². The van der Waals surface area contributed by atoms with E-state index in [1.165, 1.54) is 21.9 Å². The molecular formula is C22H22N4OS. The lowest BCUT2D eigenvalue weighted by atomic mass is 10.0. The zero-order chi connectivity index (χ0) is 19.3. The zero-order valence-electron chi connectivity index (χ0n) is 15.7. The van der Waals surface area contributed by atoms with Crippen LogP contribution in [0.4, 0.5) is 0 Å². The maximum absolute atomic E-state index is 6.24. The van der Waals surface area contributed by atoms with Crippen molar-refractivity contribution < 1.29 is 4.74 Å². The number of nitrogen functional groups attached to an aromatic ring is 1. The van der Waals surface area contributed by atoms with E-state index in [4.69, 9.17) is 10.6 Å². The van der Waals surface area contributed by atoms with Gasteiger partial charge in [0.25, 0.3) is 0 Å². The van der Waals surface area contributed by atoms with E-state index >= 15 is 0 Å². The molecule has 4 rings (SSSR count). The van der Waals surface area contributed by atoms with Crippen molar-refractivity contribution in [1.82, 2.24) is 14.9 Å². The highest BCUT2D eigenvalue weighted by atomic mass is 32.2. The van der Waals surface area contributed by atoms with Gasteiger partial charge < -0.3 is 10.6 Å². The topological polar surface area (TPSA) is 66.0 Å². The summed E-state index contributed by atoms with van der Waals surface area (Å²) in [5.74, 6) is 8.60. The van der Waals surface area contributed by atoms with Crippen LogP contribution in [-0.2, 0) is 6.42 Å². The van der Waals surface area contributed by atoms with Crippen molar-refractivity contribution in [2.75, 3.05) is 18.2 Å². The molecule has 6 heteroatoms. The molecule has 5 nitrogen and oxygen atoms in total. The van der Waals surface area contributed by atoms with Crippen LogP contribution in [0.15, 0.2) is 71.9 Å². The second kappa shape index (κ2) is 8.35. The van der Waals surface area contributed by atoms with Crippen LogP contribution >= 0.6 is 11.8 Å². The molecule has 3 aromatic carbocycles. The van der Waals surface area contributed by atoms with Gasteiger partial charge in [0.1, 0.15) is 5.75 Å². The number of aryl methyl sites for hydroxylation is 1. The van der Waals surface area contributed by atoms with Crippen molar-refractivity contribution in [3.63, 3.8) is 0 Å². The molecule has 0 unspecified atom stereocenters. The van der Waals surface area contributed by atoms with Crippen molar-refractivity contribution in [1.29, 1.82) is 0 Å². The predicted octanol–water partition coefficient (Wildman–Crippen LogP) is 4.22. The lowest BCUT2D eigenvalue weighted by molar-refractivity contribution is 0.344. The van der Waals surface area contributed by atoms with Gasteiger partial charge in [0.05, 0.1) is 6.61 Å². The summed E-state index contributed by atoms with van der Waals surface area (Å²) in [4.78, 5) is 0. The fourth-order valence-corrected chi connectivity index (χ4v) is 3.76. The van der Waals surface area contributed by atoms with Crippen molar-refractivity contribution in [3.05, 3.63) is 83.7 Å². The largest absolute Gasteiger partial charge is 0.493 e. The number of rotatable bonds is 7. The maximum Gasteiger partial charge on any atom is 0.209 e. The number of nitrogens with two attached hydrogens (primary N) is 1. The maximum atomic E-state index is 6.24. The van der Waals surface area contributed by atoms with Crippen LogP contribution in [-0.4, -0.2) is 27.2 Å². The average Bonchev–Trinajstić information content (AvgIpc) is 3.06. The minimum absolute atomic E-state index is 0.583. The standard InChI is InChI=1S/C22H22N4OS/c1-16-9-11-19(12-10-16)27-13-14-28-22-25-24-21(26(22)23)15-18-7-4-6-17-5-2-3-8-20(17)18/h2-12H,13-15,23H2,1H3. The third-order valence-electron chi connectivity index (χ3n) is 4.57. The Morgan fingerprint density at radius 2 is 1.75 bits per heavy atom. The van der Waals surface area contributed by atoms with Crippen molar-refractivity contribution in [3.8, 4) is 5.75 Å². The van der Waals surface area contributed by atoms with Crippen LogP contribution in [0.25, 0.3) is 10.8 Å². The second-order valence-corrected chi connectivity index (χ2v) is 7.66. The third kappa shape index (κ3) is 4.12. The second-order valence-electron chi connectivity index (χ2n) is 6.59. The summed E-state index contributed by atoms with van der Waals surface area (Å²) in [5.41, 5.74) is 2.41. The molecule has 1 heterocycles. The smallest absolute Gasteiger partial charge is 0.209 e. The minimum atomic E-state index is 0.583. The minimum Gasteiger partial charge on any atom is -0.493 e. The number of nitrogens with zero attached hydrogens (tertiary/aromatic N) is 3. The van der Waals surface area contributed by atoms with E-state index in [9.17, 15) is 0 Å². The zero-order valence-corrected chi connectivity index (χ0v) is 16.5. The van der Waals surface area contributed by atoms with E-state index in [1.807, 2.05) is 36.4 Å². The van der Waals surface area contributed by atoms with Gasteiger partial charge >= 0.3 is 0 Å². The Kier molecular flexibility index (Phi) is 5.48. The Morgan fingerprint density at radius 1 is 0.964 bits per heavy atom. The predicted molar refractivity (Wildman–Crippen MR) is 114 cm³/mol. The first-order valence-corrected chi connectivity index (χ1v) is 10.2. The molecule has 0 aliphatic carbocycles. The Hall–Kier alpha value is -2.99. The molecular weight excluding hydrogens is 368 g/mol. The molecule has 142 valence electrons. The van der Waals surface area contributed by atoms with Crippen molar-refractivity contribution in [2.45, 2.75) is 18.5 Å². The van der Waals surface area contributed by atoms with Crippen LogP contribution in [0.2, 0.25) is 0 Å². The first kappa shape index (κ1) is 18.4. The fraction of sp³-hybridized carbons (Fsp3) is 0.182. The van der Waals surface area contributed by atoms with Gasteiger partial charge in [0.15, 0.2) is 5.82 Å². The number of aromatic nitrogens is 3. The molecule has 1 aromatic heterocycles. The molecule has 4 aromatic rings. The van der Waals surface area contributed by atoms with Gasteiger partial charge in [0.2, 0.25) is 5.16 Å². The Morgan fingerprint density at radius 3 is 2.61 bits per heavy atom. The van der Waals surface area contributed by atoms with Gasteiger partial charge in [-0.15, -0.1) is 10.2 Å². The van der Waals surface area contributed by atoms with E-state index in [0.717, 1.165) is 17.3 Å². The summed E-state index contributed by atoms with van der Waals surface area (Å²) in [7, 11) is 0. The molecule has 0 spiro atoms. The molecule has 0 saturated carbocycles. The number of benzene rings is 3. The van der Waals surface area contributed by atoms with Gasteiger partial charge in [-0.1, -0.05) is 71.9 Å². The molecule has 0 radical (unpaired) electrons. The molecule has 0 amide bonds. The summed E-state index contributed by atoms with van der Waals surface area (Å²) >= 11 is 1.54. The molecule has 0 fully saturated rings. The normalized spacial score (nSPS) is 11.0. The molecule has 0 atom stereocenters. The van der Waals surface area contributed by atoms with Gasteiger partial charge in [0, 0.05) is 12.2 Å². The molecule has 0 aliphatic rings. The molecule has 2 N–H and O–H groups in total. The number of fused-ring (bicyclic) bond motifs is 1. The highest BCUT2D eigenvalue weighted by Crippen LogP contribution is 2.22. The summed E-state index contributed by atoms with van der Waals surface area (Å²) in [6.07, 6.45) is 0.644. The summed E-state index contributed by atoms with van der Waals surface area (Å²) in [5, 5.41) is 11.7. The highest BCUT2D eigenvalue weighted by molar-refractivity contribution is 7.99. The van der Waals surface area contributed by atoms with Gasteiger partial charge in [-0.3, -0.25) is 0 Å². The third-order valence-corrected chi connectivity index (χ3v) is 5.48. The quantitative estimate of drug-likeness (QED) is 0.291. The Bertz CT molecular complexity index is 1070. The SMILES string of the molecule is Cc1ccc(OCCSc2nnc(Cc3cccc4ccccc34)n2N)cc1. The van der Waals surface area contributed by atoms with Gasteiger partial charge in [-0.25, -0.2) is 4.68 Å². The lowest BCUT2D eigenvalue weighted by Crippen LogP contribution is -2.15. The number of hydrogen-bond acceptors (Lipinski definition) is 5. The number of thioether (sulfide) groups is 1. The number of hydrogen-bond donors (Lipinski definition) is 1. The first-order chi connectivity index (χ1) is 13.7. The molecule has 0 aliphatic heterocycles. The van der Waals surface area contributed by atoms with Crippen LogP contribution in [0.5, 0.6) is 5.75 Å².